The van der Waals surface area contributed by atoms with Crippen LogP contribution in [-0.4, -0.2) is 74.0 Å². The molecular weight excluding hydrogens is 441 g/mol. The number of carbonyl (C=O) groups excluding carboxylic acids is 1. The van der Waals surface area contributed by atoms with Crippen LogP contribution in [0.5, 0.6) is 0 Å². The Bertz CT molecular complexity index is 449. The quantitative estimate of drug-likeness (QED) is 0.334. The zero-order valence-corrected chi connectivity index (χ0v) is 19.3. The Balaban J connectivity index is 0.00000338. The van der Waals surface area contributed by atoms with Crippen LogP contribution in [0.1, 0.15) is 52.4 Å². The summed E-state index contributed by atoms with van der Waals surface area (Å²) in [4.78, 5) is 20.6. The van der Waals surface area contributed by atoms with Gasteiger partial charge in [0.2, 0.25) is 5.91 Å². The van der Waals surface area contributed by atoms with Crippen molar-refractivity contribution in [3.63, 3.8) is 0 Å². The lowest BCUT2D eigenvalue weighted by atomic mass is 10.1. The van der Waals surface area contributed by atoms with Crippen LogP contribution in [0.15, 0.2) is 4.99 Å². The molecule has 0 aromatic rings. The Hall–Kier alpha value is -0.570. The monoisotopic (exact) mass is 479 g/mol. The number of likely N-dealkylation sites (N-methyl/N-ethyl adjacent to an activating group) is 1. The van der Waals surface area contributed by atoms with Crippen molar-refractivity contribution in [2.24, 2.45) is 10.9 Å². The van der Waals surface area contributed by atoms with E-state index < -0.39 is 0 Å². The topological polar surface area (TPSA) is 60.0 Å². The van der Waals surface area contributed by atoms with Gasteiger partial charge in [0, 0.05) is 39.3 Å². The lowest BCUT2D eigenvalue weighted by molar-refractivity contribution is -0.127. The van der Waals surface area contributed by atoms with Crippen molar-refractivity contribution < 1.29 is 4.79 Å². The third-order valence-electron chi connectivity index (χ3n) is 5.17. The molecule has 1 amide bonds. The molecule has 6 nitrogen and oxygen atoms in total. The standard InChI is InChI=1S/C19H37N5O.HI/c1-15(2)14-24-11-7-10-17(24)12-20-19(21-13-18(25)23(3)4)22-16-8-5-6-9-16;/h15-17H,5-14H2,1-4H3,(H2,20,21,22);1H/t17-;/m1./s1. The Morgan fingerprint density at radius 3 is 2.50 bits per heavy atom. The molecule has 2 rings (SSSR count). The van der Waals surface area contributed by atoms with Crippen LogP contribution in [0.4, 0.5) is 0 Å². The van der Waals surface area contributed by atoms with Crippen molar-refractivity contribution in [3.05, 3.63) is 0 Å². The largest absolute Gasteiger partial charge is 0.355 e. The zero-order valence-electron chi connectivity index (χ0n) is 17.0. The number of halogens is 1. The molecule has 1 atom stereocenters. The van der Waals surface area contributed by atoms with Gasteiger partial charge in [0.05, 0.1) is 0 Å². The fourth-order valence-corrected chi connectivity index (χ4v) is 3.75. The predicted molar refractivity (Wildman–Crippen MR) is 119 cm³/mol. The van der Waals surface area contributed by atoms with E-state index in [2.05, 4.69) is 34.4 Å². The SMILES string of the molecule is CC(C)CN1CCC[C@@H]1CNC(=NCC(=O)N(C)C)NC1CCCC1.I. The predicted octanol–water partition coefficient (Wildman–Crippen LogP) is 2.29. The minimum absolute atomic E-state index is 0. The highest BCUT2D eigenvalue weighted by molar-refractivity contribution is 14.0. The fourth-order valence-electron chi connectivity index (χ4n) is 3.75. The van der Waals surface area contributed by atoms with Crippen molar-refractivity contribution in [2.75, 3.05) is 40.3 Å². The molecule has 1 heterocycles. The van der Waals surface area contributed by atoms with Gasteiger partial charge in [0.1, 0.15) is 6.54 Å². The van der Waals surface area contributed by atoms with Crippen LogP contribution in [0, 0.1) is 5.92 Å². The summed E-state index contributed by atoms with van der Waals surface area (Å²) < 4.78 is 0. The van der Waals surface area contributed by atoms with Crippen molar-refractivity contribution in [1.29, 1.82) is 0 Å². The first-order valence-corrected chi connectivity index (χ1v) is 9.94. The van der Waals surface area contributed by atoms with E-state index in [4.69, 9.17) is 0 Å². The molecule has 0 aromatic carbocycles. The summed E-state index contributed by atoms with van der Waals surface area (Å²) in [6, 6.07) is 1.07. The number of hydrogen-bond donors (Lipinski definition) is 2. The Morgan fingerprint density at radius 2 is 1.88 bits per heavy atom. The molecule has 0 aromatic heterocycles. The maximum absolute atomic E-state index is 11.9. The average Bonchev–Trinajstić information content (AvgIpc) is 3.21. The van der Waals surface area contributed by atoms with E-state index in [1.165, 1.54) is 45.1 Å². The van der Waals surface area contributed by atoms with E-state index in [1.54, 1.807) is 19.0 Å². The van der Waals surface area contributed by atoms with Gasteiger partial charge in [0.25, 0.3) is 0 Å². The summed E-state index contributed by atoms with van der Waals surface area (Å²) in [5.41, 5.74) is 0. The lowest BCUT2D eigenvalue weighted by Crippen LogP contribution is -2.48. The summed E-state index contributed by atoms with van der Waals surface area (Å²) >= 11 is 0. The molecule has 0 spiro atoms. The number of likely N-dealkylation sites (tertiary alicyclic amines) is 1. The molecule has 26 heavy (non-hydrogen) atoms. The van der Waals surface area contributed by atoms with Crippen LogP contribution in [0.2, 0.25) is 0 Å². The van der Waals surface area contributed by atoms with E-state index in [-0.39, 0.29) is 36.4 Å². The van der Waals surface area contributed by atoms with E-state index >= 15 is 0 Å². The number of carbonyl (C=O) groups is 1. The van der Waals surface area contributed by atoms with Gasteiger partial charge in [-0.3, -0.25) is 9.69 Å². The highest BCUT2D eigenvalue weighted by Gasteiger charge is 2.25. The van der Waals surface area contributed by atoms with Gasteiger partial charge in [-0.25, -0.2) is 4.99 Å². The molecule has 7 heteroatoms. The second kappa shape index (κ2) is 12.0. The van der Waals surface area contributed by atoms with Crippen LogP contribution < -0.4 is 10.6 Å². The number of nitrogens with one attached hydrogen (secondary N) is 2. The third kappa shape index (κ3) is 7.98. The van der Waals surface area contributed by atoms with Gasteiger partial charge < -0.3 is 15.5 Å². The number of rotatable bonds is 7. The molecule has 1 aliphatic carbocycles. The van der Waals surface area contributed by atoms with Gasteiger partial charge in [-0.1, -0.05) is 26.7 Å². The zero-order chi connectivity index (χ0) is 18.2. The normalized spacial score (nSPS) is 21.7. The molecular formula is C19H38IN5O. The highest BCUT2D eigenvalue weighted by Crippen LogP contribution is 2.19. The van der Waals surface area contributed by atoms with E-state index in [9.17, 15) is 4.79 Å². The van der Waals surface area contributed by atoms with E-state index in [0.717, 1.165) is 19.0 Å². The Morgan fingerprint density at radius 1 is 1.19 bits per heavy atom. The molecule has 0 bridgehead atoms. The number of hydrogen-bond acceptors (Lipinski definition) is 3. The smallest absolute Gasteiger partial charge is 0.243 e. The molecule has 2 fully saturated rings. The summed E-state index contributed by atoms with van der Waals surface area (Å²) in [6.45, 7) is 8.03. The first-order chi connectivity index (χ1) is 12.0. The Kier molecular flexibility index (Phi) is 10.8. The first-order valence-electron chi connectivity index (χ1n) is 9.94. The molecule has 2 aliphatic rings. The number of nitrogens with zero attached hydrogens (tertiary/aromatic N) is 3. The maximum Gasteiger partial charge on any atom is 0.243 e. The van der Waals surface area contributed by atoms with Crippen LogP contribution in [0.3, 0.4) is 0 Å². The number of aliphatic imine (C=N–C) groups is 1. The summed E-state index contributed by atoms with van der Waals surface area (Å²) in [7, 11) is 3.55. The second-order valence-electron chi connectivity index (χ2n) is 8.14. The van der Waals surface area contributed by atoms with Crippen molar-refractivity contribution in [3.8, 4) is 0 Å². The van der Waals surface area contributed by atoms with Crippen LogP contribution in [0.25, 0.3) is 0 Å². The van der Waals surface area contributed by atoms with Crippen LogP contribution in [-0.2, 0) is 4.79 Å². The molecule has 2 N–H and O–H groups in total. The van der Waals surface area contributed by atoms with Crippen molar-refractivity contribution in [1.82, 2.24) is 20.4 Å². The maximum atomic E-state index is 11.9. The van der Waals surface area contributed by atoms with Gasteiger partial charge in [-0.15, -0.1) is 24.0 Å². The Labute approximate surface area is 176 Å². The minimum Gasteiger partial charge on any atom is -0.355 e. The van der Waals surface area contributed by atoms with Crippen molar-refractivity contribution in [2.45, 2.75) is 64.5 Å². The lowest BCUT2D eigenvalue weighted by Gasteiger charge is -2.27. The minimum atomic E-state index is 0. The fraction of sp³-hybridized carbons (Fsp3) is 0.895. The molecule has 152 valence electrons. The second-order valence-corrected chi connectivity index (χ2v) is 8.14. The number of guanidine groups is 1. The summed E-state index contributed by atoms with van der Waals surface area (Å²) in [5, 5.41) is 7.05. The van der Waals surface area contributed by atoms with Gasteiger partial charge in [-0.05, 0) is 38.1 Å². The van der Waals surface area contributed by atoms with Gasteiger partial charge in [-0.2, -0.15) is 0 Å². The van der Waals surface area contributed by atoms with Gasteiger partial charge >= 0.3 is 0 Å². The molecule has 1 saturated heterocycles. The van der Waals surface area contributed by atoms with E-state index in [0.29, 0.717) is 18.0 Å². The number of amides is 1. The molecule has 0 radical (unpaired) electrons. The van der Waals surface area contributed by atoms with Gasteiger partial charge in [0.15, 0.2) is 5.96 Å². The molecule has 1 saturated carbocycles. The third-order valence-corrected chi connectivity index (χ3v) is 5.17. The first kappa shape index (κ1) is 23.5. The van der Waals surface area contributed by atoms with Crippen LogP contribution >= 0.6 is 24.0 Å². The molecule has 0 unspecified atom stereocenters. The average molecular weight is 479 g/mol. The molecule has 1 aliphatic heterocycles. The van der Waals surface area contributed by atoms with E-state index in [1.807, 2.05) is 0 Å². The summed E-state index contributed by atoms with van der Waals surface area (Å²) in [6.07, 6.45) is 7.49. The van der Waals surface area contributed by atoms with Crippen molar-refractivity contribution >= 4 is 35.8 Å². The highest BCUT2D eigenvalue weighted by atomic mass is 127. The summed E-state index contributed by atoms with van der Waals surface area (Å²) in [5.74, 6) is 1.54.